The maximum absolute atomic E-state index is 12.7. The van der Waals surface area contributed by atoms with E-state index in [4.69, 9.17) is 14.0 Å². The van der Waals surface area contributed by atoms with Crippen LogP contribution >= 0.6 is 11.8 Å². The van der Waals surface area contributed by atoms with Gasteiger partial charge < -0.3 is 19.3 Å². The second kappa shape index (κ2) is 7.98. The van der Waals surface area contributed by atoms with E-state index >= 15 is 0 Å². The molecule has 144 valence electrons. The molecule has 0 saturated carbocycles. The minimum atomic E-state index is -0.230. The summed E-state index contributed by atoms with van der Waals surface area (Å²) < 4.78 is 16.2. The number of fused-ring (bicyclic) bond motifs is 3. The van der Waals surface area contributed by atoms with Crippen LogP contribution in [0.3, 0.4) is 0 Å². The number of amides is 1. The molecule has 0 fully saturated rings. The van der Waals surface area contributed by atoms with E-state index in [9.17, 15) is 4.79 Å². The summed E-state index contributed by atoms with van der Waals surface area (Å²) in [5.41, 5.74) is 3.16. The Kier molecular flexibility index (Phi) is 5.25. The molecule has 1 aliphatic rings. The van der Waals surface area contributed by atoms with Gasteiger partial charge >= 0.3 is 0 Å². The molecular formula is C21H20N2O4S. The summed E-state index contributed by atoms with van der Waals surface area (Å²) in [4.78, 5) is 13.8. The second-order valence-corrected chi connectivity index (χ2v) is 7.32. The van der Waals surface area contributed by atoms with Crippen molar-refractivity contribution in [3.8, 4) is 22.8 Å². The molecular weight excluding hydrogens is 376 g/mol. The molecule has 3 aromatic rings. The highest BCUT2D eigenvalue weighted by Gasteiger charge is 2.27. The van der Waals surface area contributed by atoms with Crippen molar-refractivity contribution >= 4 is 17.7 Å². The average Bonchev–Trinajstić information content (AvgIpc) is 3.18. The van der Waals surface area contributed by atoms with Crippen LogP contribution in [0.25, 0.3) is 11.3 Å². The molecule has 28 heavy (non-hydrogen) atoms. The van der Waals surface area contributed by atoms with Gasteiger partial charge in [-0.3, -0.25) is 4.79 Å². The molecule has 1 aromatic heterocycles. The number of aromatic nitrogens is 1. The quantitative estimate of drug-likeness (QED) is 0.680. The molecule has 0 atom stereocenters. The molecule has 0 unspecified atom stereocenters. The van der Waals surface area contributed by atoms with E-state index in [-0.39, 0.29) is 5.91 Å². The largest absolute Gasteiger partial charge is 0.497 e. The first-order valence-electron chi connectivity index (χ1n) is 8.91. The van der Waals surface area contributed by atoms with Crippen LogP contribution in [-0.4, -0.2) is 31.8 Å². The van der Waals surface area contributed by atoms with E-state index < -0.39 is 0 Å². The zero-order chi connectivity index (χ0) is 19.5. The Bertz CT molecular complexity index is 1020. The van der Waals surface area contributed by atoms with Gasteiger partial charge in [-0.25, -0.2) is 0 Å². The Balaban J connectivity index is 1.46. The lowest BCUT2D eigenvalue weighted by molar-refractivity contribution is 0.0944. The summed E-state index contributed by atoms with van der Waals surface area (Å²) in [6, 6.07) is 13.6. The van der Waals surface area contributed by atoms with E-state index in [1.807, 2.05) is 42.5 Å². The Morgan fingerprint density at radius 3 is 2.89 bits per heavy atom. The van der Waals surface area contributed by atoms with Crippen LogP contribution in [0.1, 0.15) is 21.6 Å². The summed E-state index contributed by atoms with van der Waals surface area (Å²) in [5.74, 6) is 2.65. The predicted molar refractivity (Wildman–Crippen MR) is 107 cm³/mol. The molecule has 7 heteroatoms. The first-order chi connectivity index (χ1) is 13.7. The number of ether oxygens (including phenoxy) is 2. The van der Waals surface area contributed by atoms with Crippen LogP contribution in [-0.2, 0) is 12.2 Å². The molecule has 2 aromatic carbocycles. The number of rotatable bonds is 6. The fourth-order valence-electron chi connectivity index (χ4n) is 3.23. The highest BCUT2D eigenvalue weighted by Crippen LogP contribution is 2.42. The number of carbonyl (C=O) groups is 1. The lowest BCUT2D eigenvalue weighted by atomic mass is 10.1. The zero-order valence-corrected chi connectivity index (χ0v) is 16.5. The molecule has 1 aliphatic heterocycles. The average molecular weight is 396 g/mol. The summed E-state index contributed by atoms with van der Waals surface area (Å²) in [6.45, 7) is 0.452. The number of methoxy groups -OCH3 is 2. The van der Waals surface area contributed by atoms with Crippen molar-refractivity contribution in [1.82, 2.24) is 10.5 Å². The third kappa shape index (κ3) is 3.45. The van der Waals surface area contributed by atoms with E-state index in [0.717, 1.165) is 33.1 Å². The van der Waals surface area contributed by atoms with Crippen LogP contribution in [0.15, 0.2) is 51.9 Å². The highest BCUT2D eigenvalue weighted by molar-refractivity contribution is 7.98. The predicted octanol–water partition coefficient (Wildman–Crippen LogP) is 3.94. The normalized spacial score (nSPS) is 12.1. The molecule has 6 nitrogen and oxygen atoms in total. The molecule has 2 heterocycles. The van der Waals surface area contributed by atoms with Crippen molar-refractivity contribution < 1.29 is 18.8 Å². The van der Waals surface area contributed by atoms with Gasteiger partial charge in [0.05, 0.1) is 14.2 Å². The van der Waals surface area contributed by atoms with Gasteiger partial charge in [0.25, 0.3) is 5.91 Å². The van der Waals surface area contributed by atoms with Gasteiger partial charge in [-0.1, -0.05) is 17.3 Å². The number of thioether (sulfide) groups is 1. The molecule has 0 saturated heterocycles. The van der Waals surface area contributed by atoms with Gasteiger partial charge in [0.15, 0.2) is 11.5 Å². The molecule has 0 aliphatic carbocycles. The van der Waals surface area contributed by atoms with Gasteiger partial charge in [-0.15, -0.1) is 11.8 Å². The molecule has 0 bridgehead atoms. The zero-order valence-electron chi connectivity index (χ0n) is 15.7. The number of carbonyl (C=O) groups excluding carboxylic acids is 1. The topological polar surface area (TPSA) is 73.6 Å². The summed E-state index contributed by atoms with van der Waals surface area (Å²) in [6.07, 6.45) is 0.615. The first kappa shape index (κ1) is 18.4. The van der Waals surface area contributed by atoms with Crippen LogP contribution in [0, 0.1) is 0 Å². The smallest absolute Gasteiger partial charge is 0.273 e. The highest BCUT2D eigenvalue weighted by atomic mass is 32.2. The van der Waals surface area contributed by atoms with E-state index in [1.165, 1.54) is 0 Å². The fraction of sp³-hybridized carbons (Fsp3) is 0.238. The molecule has 1 amide bonds. The lowest BCUT2D eigenvalue weighted by Gasteiger charge is -2.14. The standard InChI is InChI=1S/C21H20N2O4S/c1-25-14-7-8-17(26-2)13(11-14)9-10-22-21(24)19-16-12-28-18-6-4-3-5-15(18)20(16)27-23-19/h3-8,11H,9-10,12H2,1-2H3,(H,22,24). The molecule has 1 N–H and O–H groups in total. The lowest BCUT2D eigenvalue weighted by Crippen LogP contribution is -2.27. The Hall–Kier alpha value is -2.93. The van der Waals surface area contributed by atoms with Gasteiger partial charge in [-0.05, 0) is 42.3 Å². The second-order valence-electron chi connectivity index (χ2n) is 6.31. The van der Waals surface area contributed by atoms with Gasteiger partial charge in [0, 0.05) is 28.3 Å². The number of nitrogens with zero attached hydrogens (tertiary/aromatic N) is 1. The van der Waals surface area contributed by atoms with E-state index in [2.05, 4.69) is 10.5 Å². The Labute approximate surface area is 167 Å². The summed E-state index contributed by atoms with van der Waals surface area (Å²) in [7, 11) is 3.25. The van der Waals surface area contributed by atoms with Crippen LogP contribution in [0.5, 0.6) is 11.5 Å². The maximum Gasteiger partial charge on any atom is 0.273 e. The minimum Gasteiger partial charge on any atom is -0.497 e. The number of hydrogen-bond acceptors (Lipinski definition) is 6. The van der Waals surface area contributed by atoms with Crippen molar-refractivity contribution in [3.63, 3.8) is 0 Å². The first-order valence-corrected chi connectivity index (χ1v) is 9.89. The summed E-state index contributed by atoms with van der Waals surface area (Å²) in [5, 5.41) is 6.97. The third-order valence-corrected chi connectivity index (χ3v) is 5.77. The van der Waals surface area contributed by atoms with Crippen molar-refractivity contribution in [3.05, 3.63) is 59.3 Å². The van der Waals surface area contributed by atoms with Gasteiger partial charge in [-0.2, -0.15) is 0 Å². The van der Waals surface area contributed by atoms with Crippen molar-refractivity contribution in [2.75, 3.05) is 20.8 Å². The summed E-state index contributed by atoms with van der Waals surface area (Å²) >= 11 is 1.69. The van der Waals surface area contributed by atoms with Crippen LogP contribution < -0.4 is 14.8 Å². The Morgan fingerprint density at radius 2 is 2.07 bits per heavy atom. The van der Waals surface area contributed by atoms with Crippen LogP contribution in [0.4, 0.5) is 0 Å². The Morgan fingerprint density at radius 1 is 1.21 bits per heavy atom. The minimum absolute atomic E-state index is 0.230. The van der Waals surface area contributed by atoms with Gasteiger partial charge in [0.1, 0.15) is 11.5 Å². The monoisotopic (exact) mass is 396 g/mol. The van der Waals surface area contributed by atoms with Crippen molar-refractivity contribution in [2.45, 2.75) is 17.1 Å². The number of hydrogen-bond donors (Lipinski definition) is 1. The third-order valence-electron chi connectivity index (χ3n) is 4.67. The fourth-order valence-corrected chi connectivity index (χ4v) is 4.29. The number of benzene rings is 2. The molecule has 0 radical (unpaired) electrons. The number of nitrogens with one attached hydrogen (secondary N) is 1. The van der Waals surface area contributed by atoms with E-state index in [0.29, 0.717) is 30.2 Å². The van der Waals surface area contributed by atoms with Crippen LogP contribution in [0.2, 0.25) is 0 Å². The van der Waals surface area contributed by atoms with Crippen molar-refractivity contribution in [2.24, 2.45) is 0 Å². The SMILES string of the molecule is COc1ccc(OC)c(CCNC(=O)c2noc3c2CSc2ccccc2-3)c1. The molecule has 4 rings (SSSR count). The maximum atomic E-state index is 12.7. The van der Waals surface area contributed by atoms with Crippen molar-refractivity contribution in [1.29, 1.82) is 0 Å². The molecule has 0 spiro atoms. The van der Waals surface area contributed by atoms with E-state index in [1.54, 1.807) is 26.0 Å². The van der Waals surface area contributed by atoms with Gasteiger partial charge in [0.2, 0.25) is 0 Å².